The summed E-state index contributed by atoms with van der Waals surface area (Å²) in [6.45, 7) is 4.40. The fourth-order valence-electron chi connectivity index (χ4n) is 5.67. The lowest BCUT2D eigenvalue weighted by Gasteiger charge is -2.34. The van der Waals surface area contributed by atoms with Gasteiger partial charge in [0.25, 0.3) is 0 Å². The Morgan fingerprint density at radius 2 is 1.09 bits per heavy atom. The monoisotopic (exact) mass is 744 g/mol. The van der Waals surface area contributed by atoms with E-state index in [1.807, 2.05) is 12.2 Å². The van der Waals surface area contributed by atoms with Crippen LogP contribution in [-0.4, -0.2) is 75.5 Å². The average molecular weight is 744 g/mol. The minimum absolute atomic E-state index is 0.0184. The number of hydrogen-bond donors (Lipinski definition) is 0. The van der Waals surface area contributed by atoms with Crippen molar-refractivity contribution in [2.45, 2.75) is 167 Å². The summed E-state index contributed by atoms with van der Waals surface area (Å²) >= 11 is 0. The third-order valence-corrected chi connectivity index (χ3v) is 8.90. The van der Waals surface area contributed by atoms with E-state index in [0.29, 0.717) is 12.8 Å². The van der Waals surface area contributed by atoms with Gasteiger partial charge in [-0.2, -0.15) is 0 Å². The highest BCUT2D eigenvalue weighted by molar-refractivity contribution is 5.70. The summed E-state index contributed by atoms with van der Waals surface area (Å²) in [6, 6.07) is -0.734. The van der Waals surface area contributed by atoms with Crippen LogP contribution < -0.4 is 5.11 Å². The number of hydrogen-bond acceptors (Lipinski definition) is 7. The molecule has 8 nitrogen and oxygen atoms in total. The van der Waals surface area contributed by atoms with Gasteiger partial charge in [0.1, 0.15) is 12.6 Å². The molecule has 0 spiro atoms. The molecule has 0 aliphatic rings. The first-order valence-corrected chi connectivity index (χ1v) is 20.8. The summed E-state index contributed by atoms with van der Waals surface area (Å²) in [5.41, 5.74) is 0. The number of carboxylic acid groups (broad SMARTS) is 1. The number of ether oxygens (including phenoxy) is 3. The highest BCUT2D eigenvalue weighted by Gasteiger charge is 2.25. The van der Waals surface area contributed by atoms with Gasteiger partial charge in [0.2, 0.25) is 0 Å². The number of quaternary nitrogens is 1. The second-order valence-corrected chi connectivity index (χ2v) is 14.8. The first kappa shape index (κ1) is 50.0. The van der Waals surface area contributed by atoms with E-state index in [-0.39, 0.29) is 49.1 Å². The smallest absolute Gasteiger partial charge is 0.306 e. The summed E-state index contributed by atoms with van der Waals surface area (Å²) in [7, 11) is 5.37. The Morgan fingerprint density at radius 3 is 1.64 bits per heavy atom. The molecule has 2 atom stereocenters. The molecule has 0 saturated heterocycles. The largest absolute Gasteiger partial charge is 0.544 e. The van der Waals surface area contributed by atoms with E-state index in [0.717, 1.165) is 51.4 Å². The van der Waals surface area contributed by atoms with Crippen molar-refractivity contribution in [1.82, 2.24) is 0 Å². The zero-order chi connectivity index (χ0) is 39.3. The number of carboxylic acids is 1. The summed E-state index contributed by atoms with van der Waals surface area (Å²) in [5, 5.41) is 11.6. The molecule has 0 rings (SSSR count). The van der Waals surface area contributed by atoms with Crippen molar-refractivity contribution in [2.75, 3.05) is 41.0 Å². The predicted molar refractivity (Wildman–Crippen MR) is 217 cm³/mol. The van der Waals surface area contributed by atoms with Crippen molar-refractivity contribution < 1.29 is 38.2 Å². The fourth-order valence-corrected chi connectivity index (χ4v) is 5.67. The lowest BCUT2D eigenvalue weighted by Crippen LogP contribution is -2.55. The second kappa shape index (κ2) is 36.0. The number of allylic oxidation sites excluding steroid dienone is 10. The Hall–Kier alpha value is -2.97. The lowest BCUT2D eigenvalue weighted by molar-refractivity contribution is -0.889. The summed E-state index contributed by atoms with van der Waals surface area (Å²) in [4.78, 5) is 36.5. The Bertz CT molecular complexity index is 1050. The minimum atomic E-state index is -1.14. The van der Waals surface area contributed by atoms with Crippen LogP contribution >= 0.6 is 0 Å². The SMILES string of the molecule is CC/C=C/C/C=C/CCC(=O)OCC(COCCC(C(=O)[O-])[N+](C)(C)C)OC(=O)CCCCCCCCCCC/C=C/C/C=C/C/C=C/CCCCC. The molecule has 0 amide bonds. The van der Waals surface area contributed by atoms with E-state index in [1.54, 1.807) is 21.1 Å². The molecule has 0 aliphatic heterocycles. The zero-order valence-electron chi connectivity index (χ0n) is 34.4. The first-order valence-electron chi connectivity index (χ1n) is 20.8. The fraction of sp³-hybridized carbons (Fsp3) is 0.711. The van der Waals surface area contributed by atoms with E-state index in [4.69, 9.17) is 14.2 Å². The van der Waals surface area contributed by atoms with Gasteiger partial charge >= 0.3 is 11.9 Å². The van der Waals surface area contributed by atoms with Crippen molar-refractivity contribution in [3.63, 3.8) is 0 Å². The van der Waals surface area contributed by atoms with Crippen molar-refractivity contribution in [1.29, 1.82) is 0 Å². The quantitative estimate of drug-likeness (QED) is 0.0273. The molecular weight excluding hydrogens is 666 g/mol. The molecule has 0 aromatic carbocycles. The maximum absolute atomic E-state index is 12.7. The second-order valence-electron chi connectivity index (χ2n) is 14.8. The molecule has 0 radical (unpaired) electrons. The van der Waals surface area contributed by atoms with Crippen LogP contribution in [0.2, 0.25) is 0 Å². The summed E-state index contributed by atoms with van der Waals surface area (Å²) in [6.07, 6.45) is 42.9. The lowest BCUT2D eigenvalue weighted by atomic mass is 10.1. The number of carbonyl (C=O) groups excluding carboxylic acids is 3. The topological polar surface area (TPSA) is 102 Å². The summed E-state index contributed by atoms with van der Waals surface area (Å²) < 4.78 is 17.0. The van der Waals surface area contributed by atoms with Gasteiger partial charge in [0, 0.05) is 19.3 Å². The van der Waals surface area contributed by atoms with Crippen LogP contribution in [0, 0.1) is 0 Å². The normalized spacial score (nSPS) is 13.6. The molecule has 0 fully saturated rings. The minimum Gasteiger partial charge on any atom is -0.544 e. The van der Waals surface area contributed by atoms with Crippen LogP contribution in [0.3, 0.4) is 0 Å². The Labute approximate surface area is 324 Å². The Morgan fingerprint density at radius 1 is 0.585 bits per heavy atom. The van der Waals surface area contributed by atoms with E-state index in [9.17, 15) is 19.5 Å². The Balaban J connectivity index is 4.25. The third-order valence-electron chi connectivity index (χ3n) is 8.90. The molecule has 53 heavy (non-hydrogen) atoms. The van der Waals surface area contributed by atoms with Gasteiger partial charge in [0.05, 0.1) is 40.3 Å². The van der Waals surface area contributed by atoms with E-state index >= 15 is 0 Å². The number of esters is 2. The van der Waals surface area contributed by atoms with Crippen LogP contribution in [0.1, 0.15) is 155 Å². The molecule has 0 heterocycles. The van der Waals surface area contributed by atoms with Gasteiger partial charge in [-0.25, -0.2) is 0 Å². The van der Waals surface area contributed by atoms with E-state index < -0.39 is 18.1 Å². The predicted octanol–water partition coefficient (Wildman–Crippen LogP) is 9.69. The average Bonchev–Trinajstić information content (AvgIpc) is 3.11. The molecule has 304 valence electrons. The van der Waals surface area contributed by atoms with Crippen LogP contribution in [0.5, 0.6) is 0 Å². The molecule has 0 saturated carbocycles. The van der Waals surface area contributed by atoms with Crippen LogP contribution in [0.25, 0.3) is 0 Å². The molecule has 8 heteroatoms. The van der Waals surface area contributed by atoms with Crippen molar-refractivity contribution in [2.24, 2.45) is 0 Å². The number of rotatable bonds is 36. The number of nitrogens with zero attached hydrogens (tertiary/aromatic N) is 1. The molecule has 0 aliphatic carbocycles. The maximum atomic E-state index is 12.7. The van der Waals surface area contributed by atoms with Gasteiger partial charge in [-0.3, -0.25) is 9.59 Å². The number of unbranched alkanes of at least 4 members (excludes halogenated alkanes) is 12. The number of aliphatic carboxylic acids is 1. The van der Waals surface area contributed by atoms with E-state index in [1.165, 1.54) is 64.2 Å². The van der Waals surface area contributed by atoms with Crippen molar-refractivity contribution in [3.05, 3.63) is 60.8 Å². The third kappa shape index (κ3) is 34.5. The van der Waals surface area contributed by atoms with Gasteiger partial charge in [-0.05, 0) is 64.2 Å². The molecule has 0 N–H and O–H groups in total. The highest BCUT2D eigenvalue weighted by atomic mass is 16.6. The summed E-state index contributed by atoms with van der Waals surface area (Å²) in [5.74, 6) is -1.84. The van der Waals surface area contributed by atoms with Crippen molar-refractivity contribution >= 4 is 17.9 Å². The van der Waals surface area contributed by atoms with Crippen LogP contribution in [-0.2, 0) is 28.6 Å². The first-order chi connectivity index (χ1) is 25.6. The highest BCUT2D eigenvalue weighted by Crippen LogP contribution is 2.13. The van der Waals surface area contributed by atoms with Crippen LogP contribution in [0.4, 0.5) is 0 Å². The molecule has 0 aromatic heterocycles. The van der Waals surface area contributed by atoms with Crippen LogP contribution in [0.15, 0.2) is 60.8 Å². The van der Waals surface area contributed by atoms with E-state index in [2.05, 4.69) is 62.5 Å². The van der Waals surface area contributed by atoms with Gasteiger partial charge in [-0.1, -0.05) is 132 Å². The molecule has 0 aromatic rings. The van der Waals surface area contributed by atoms with Gasteiger partial charge in [-0.15, -0.1) is 0 Å². The van der Waals surface area contributed by atoms with Gasteiger partial charge < -0.3 is 28.6 Å². The van der Waals surface area contributed by atoms with Gasteiger partial charge in [0.15, 0.2) is 6.10 Å². The molecule has 0 bridgehead atoms. The number of likely N-dealkylation sites (N-methyl/N-ethyl adjacent to an activating group) is 1. The molecular formula is C45H77NO7. The van der Waals surface area contributed by atoms with Crippen molar-refractivity contribution in [3.8, 4) is 0 Å². The maximum Gasteiger partial charge on any atom is 0.306 e. The Kier molecular flexibility index (Phi) is 34.0. The molecule has 2 unspecified atom stereocenters. The zero-order valence-corrected chi connectivity index (χ0v) is 34.4. The standard InChI is InChI=1S/C45H77NO7/c1-6-8-10-12-14-15-16-17-18-19-20-21-22-23-24-25-26-27-28-30-32-34-36-44(48)53-41(39-51-38-37-42(45(49)50)46(3,4)5)40-52-43(47)35-33-31-29-13-11-9-7-2/h9,11,14-15,17-18,20-21,29,31,41-42H,6-8,10,12-13,16,19,22-28,30,32-40H2,1-5H3/b11-9+,15-14+,18-17+,21-20+,31-29+. The number of carbonyl (C=O) groups is 3.